The zero-order valence-electron chi connectivity index (χ0n) is 44.4. The van der Waals surface area contributed by atoms with Crippen molar-refractivity contribution in [2.75, 3.05) is 13.2 Å². The Morgan fingerprint density at radius 2 is 0.537 bits per heavy atom. The first-order valence-electron chi connectivity index (χ1n) is 28.8. The number of ether oxygens (including phenoxy) is 3. The SMILES string of the molecule is CCCCC/C=C\C/C=C\C/C=C\CCCCC(=O)OC[C@H](COC(=O)CCCCCCC/C=C\C/C=C\CCCCC)OC(=O)CCCCCCCCCCCCCCCCCCCCC. The standard InChI is InChI=1S/C61H108O6/c1-4-7-10-13-16-19-22-25-28-29-30-31-34-37-40-43-46-49-52-55-61(64)67-58(56-65-59(62)53-50-47-44-41-38-35-32-26-23-20-17-14-11-8-5-2)57-66-60(63)54-51-48-45-42-39-36-33-27-24-21-18-15-12-9-6-3/h17-18,20-21,26-27,32-33,38,41,58H,4-16,19,22-25,28-31,34-37,39-40,42-57H2,1-3H3/b20-17-,21-18-,32-26-,33-27-,41-38-/t58-/m1/s1. The number of esters is 3. The molecule has 0 spiro atoms. The molecule has 0 aromatic rings. The van der Waals surface area contributed by atoms with Crippen LogP contribution in [0.5, 0.6) is 0 Å². The summed E-state index contributed by atoms with van der Waals surface area (Å²) in [5, 5.41) is 0. The van der Waals surface area contributed by atoms with E-state index in [4.69, 9.17) is 14.2 Å². The quantitative estimate of drug-likeness (QED) is 0.0262. The zero-order valence-corrected chi connectivity index (χ0v) is 44.4. The van der Waals surface area contributed by atoms with Crippen LogP contribution in [0.4, 0.5) is 0 Å². The Labute approximate surface area is 415 Å². The number of carbonyl (C=O) groups excluding carboxylic acids is 3. The number of carbonyl (C=O) groups is 3. The highest BCUT2D eigenvalue weighted by molar-refractivity contribution is 5.71. The second-order valence-electron chi connectivity index (χ2n) is 19.2. The van der Waals surface area contributed by atoms with E-state index in [0.717, 1.165) is 89.9 Å². The van der Waals surface area contributed by atoms with Crippen LogP contribution in [0.25, 0.3) is 0 Å². The lowest BCUT2D eigenvalue weighted by molar-refractivity contribution is -0.167. The van der Waals surface area contributed by atoms with E-state index in [2.05, 4.69) is 81.5 Å². The molecule has 0 saturated heterocycles. The van der Waals surface area contributed by atoms with E-state index in [-0.39, 0.29) is 31.1 Å². The van der Waals surface area contributed by atoms with E-state index >= 15 is 0 Å². The van der Waals surface area contributed by atoms with Gasteiger partial charge in [-0.15, -0.1) is 0 Å². The first kappa shape index (κ1) is 64.1. The Hall–Kier alpha value is -2.89. The van der Waals surface area contributed by atoms with E-state index in [1.165, 1.54) is 161 Å². The molecule has 388 valence electrons. The van der Waals surface area contributed by atoms with Crippen LogP contribution in [-0.2, 0) is 28.6 Å². The maximum absolute atomic E-state index is 12.9. The summed E-state index contributed by atoms with van der Waals surface area (Å²) in [7, 11) is 0. The monoisotopic (exact) mass is 937 g/mol. The molecule has 0 aromatic carbocycles. The number of hydrogen-bond acceptors (Lipinski definition) is 6. The van der Waals surface area contributed by atoms with Crippen molar-refractivity contribution in [1.82, 2.24) is 0 Å². The van der Waals surface area contributed by atoms with Crippen LogP contribution in [0.2, 0.25) is 0 Å². The van der Waals surface area contributed by atoms with Crippen molar-refractivity contribution in [3.63, 3.8) is 0 Å². The third-order valence-corrected chi connectivity index (χ3v) is 12.5. The summed E-state index contributed by atoms with van der Waals surface area (Å²) >= 11 is 0. The van der Waals surface area contributed by atoms with Crippen molar-refractivity contribution in [2.45, 2.75) is 297 Å². The number of rotatable bonds is 52. The van der Waals surface area contributed by atoms with Crippen LogP contribution in [0.1, 0.15) is 290 Å². The first-order valence-corrected chi connectivity index (χ1v) is 28.8. The molecule has 0 heterocycles. The Bertz CT molecular complexity index is 1210. The predicted molar refractivity (Wildman–Crippen MR) is 288 cm³/mol. The fourth-order valence-electron chi connectivity index (χ4n) is 8.13. The zero-order chi connectivity index (χ0) is 48.6. The van der Waals surface area contributed by atoms with Crippen LogP contribution in [0, 0.1) is 0 Å². The summed E-state index contributed by atoms with van der Waals surface area (Å²) in [6.45, 7) is 6.57. The lowest BCUT2D eigenvalue weighted by Crippen LogP contribution is -2.30. The minimum atomic E-state index is -0.794. The molecule has 0 aliphatic carbocycles. The van der Waals surface area contributed by atoms with Gasteiger partial charge in [0.2, 0.25) is 0 Å². The van der Waals surface area contributed by atoms with Gasteiger partial charge in [-0.05, 0) is 89.9 Å². The minimum Gasteiger partial charge on any atom is -0.462 e. The van der Waals surface area contributed by atoms with Gasteiger partial charge < -0.3 is 14.2 Å². The highest BCUT2D eigenvalue weighted by Gasteiger charge is 2.19. The van der Waals surface area contributed by atoms with Crippen molar-refractivity contribution >= 4 is 17.9 Å². The van der Waals surface area contributed by atoms with Crippen molar-refractivity contribution in [2.24, 2.45) is 0 Å². The molecule has 0 aromatic heterocycles. The van der Waals surface area contributed by atoms with Gasteiger partial charge in [-0.1, -0.05) is 242 Å². The van der Waals surface area contributed by atoms with Crippen LogP contribution in [-0.4, -0.2) is 37.2 Å². The molecule has 6 heteroatoms. The molecule has 0 bridgehead atoms. The lowest BCUT2D eigenvalue weighted by atomic mass is 10.0. The highest BCUT2D eigenvalue weighted by atomic mass is 16.6. The van der Waals surface area contributed by atoms with Gasteiger partial charge in [-0.3, -0.25) is 14.4 Å². The molecule has 0 aliphatic rings. The molecular formula is C61H108O6. The Balaban J connectivity index is 4.41. The largest absolute Gasteiger partial charge is 0.462 e. The topological polar surface area (TPSA) is 78.9 Å². The fourth-order valence-corrected chi connectivity index (χ4v) is 8.13. The third-order valence-electron chi connectivity index (χ3n) is 12.5. The first-order chi connectivity index (χ1) is 33.0. The van der Waals surface area contributed by atoms with Crippen LogP contribution >= 0.6 is 0 Å². The van der Waals surface area contributed by atoms with E-state index in [1.807, 2.05) is 0 Å². The molecule has 0 fully saturated rings. The van der Waals surface area contributed by atoms with Crippen molar-refractivity contribution in [3.05, 3.63) is 60.8 Å². The molecule has 0 rings (SSSR count). The third kappa shape index (κ3) is 53.9. The Morgan fingerprint density at radius 1 is 0.299 bits per heavy atom. The second-order valence-corrected chi connectivity index (χ2v) is 19.2. The molecule has 0 N–H and O–H groups in total. The Morgan fingerprint density at radius 3 is 0.896 bits per heavy atom. The molecule has 0 radical (unpaired) electrons. The molecule has 1 atom stereocenters. The second kappa shape index (κ2) is 55.7. The van der Waals surface area contributed by atoms with Gasteiger partial charge in [0.1, 0.15) is 13.2 Å². The van der Waals surface area contributed by atoms with Gasteiger partial charge in [0.25, 0.3) is 0 Å². The summed E-state index contributed by atoms with van der Waals surface area (Å²) in [4.78, 5) is 38.1. The maximum atomic E-state index is 12.9. The van der Waals surface area contributed by atoms with E-state index in [9.17, 15) is 14.4 Å². The smallest absolute Gasteiger partial charge is 0.306 e. The maximum Gasteiger partial charge on any atom is 0.306 e. The summed E-state index contributed by atoms with van der Waals surface area (Å²) in [5.41, 5.74) is 0. The molecular weight excluding hydrogens is 829 g/mol. The van der Waals surface area contributed by atoms with E-state index in [1.54, 1.807) is 0 Å². The lowest BCUT2D eigenvalue weighted by Gasteiger charge is -2.18. The Kier molecular flexibility index (Phi) is 53.3. The number of allylic oxidation sites excluding steroid dienone is 10. The molecule has 0 unspecified atom stereocenters. The number of hydrogen-bond donors (Lipinski definition) is 0. The molecule has 0 amide bonds. The van der Waals surface area contributed by atoms with Gasteiger partial charge in [0.15, 0.2) is 6.10 Å². The molecule has 67 heavy (non-hydrogen) atoms. The minimum absolute atomic E-state index is 0.0915. The van der Waals surface area contributed by atoms with Crippen LogP contribution < -0.4 is 0 Å². The average Bonchev–Trinajstić information content (AvgIpc) is 3.33. The van der Waals surface area contributed by atoms with Crippen LogP contribution in [0.3, 0.4) is 0 Å². The van der Waals surface area contributed by atoms with Crippen molar-refractivity contribution in [1.29, 1.82) is 0 Å². The summed E-state index contributed by atoms with van der Waals surface area (Å²) in [6, 6.07) is 0. The summed E-state index contributed by atoms with van der Waals surface area (Å²) in [6.07, 6.45) is 69.2. The fraction of sp³-hybridized carbons (Fsp3) is 0.787. The highest BCUT2D eigenvalue weighted by Crippen LogP contribution is 2.16. The predicted octanol–water partition coefficient (Wildman–Crippen LogP) is 19.2. The number of unbranched alkanes of at least 4 members (excludes halogenated alkanes) is 31. The van der Waals surface area contributed by atoms with Gasteiger partial charge in [-0.2, -0.15) is 0 Å². The van der Waals surface area contributed by atoms with Gasteiger partial charge in [0.05, 0.1) is 0 Å². The summed E-state index contributed by atoms with van der Waals surface area (Å²) in [5.74, 6) is -0.931. The average molecular weight is 938 g/mol. The van der Waals surface area contributed by atoms with Gasteiger partial charge >= 0.3 is 17.9 Å². The van der Waals surface area contributed by atoms with Crippen molar-refractivity contribution < 1.29 is 28.6 Å². The van der Waals surface area contributed by atoms with E-state index in [0.29, 0.717) is 19.3 Å². The van der Waals surface area contributed by atoms with Gasteiger partial charge in [0, 0.05) is 19.3 Å². The molecule has 0 aliphatic heterocycles. The summed E-state index contributed by atoms with van der Waals surface area (Å²) < 4.78 is 16.8. The molecule has 0 saturated carbocycles. The molecule has 6 nitrogen and oxygen atoms in total. The normalized spacial score (nSPS) is 12.5. The van der Waals surface area contributed by atoms with Crippen LogP contribution in [0.15, 0.2) is 60.8 Å². The van der Waals surface area contributed by atoms with E-state index < -0.39 is 6.10 Å². The van der Waals surface area contributed by atoms with Crippen molar-refractivity contribution in [3.8, 4) is 0 Å². The van der Waals surface area contributed by atoms with Gasteiger partial charge in [-0.25, -0.2) is 0 Å².